The number of anilines is 1. The summed E-state index contributed by atoms with van der Waals surface area (Å²) < 4.78 is 32.8. The predicted octanol–water partition coefficient (Wildman–Crippen LogP) is 3.70. The number of methoxy groups -OCH3 is 1. The van der Waals surface area contributed by atoms with Crippen LogP contribution in [0.15, 0.2) is 47.4 Å². The lowest BCUT2D eigenvalue weighted by Crippen LogP contribution is -2.30. The molecule has 0 atom stereocenters. The van der Waals surface area contributed by atoms with Crippen molar-refractivity contribution in [3.05, 3.63) is 53.6 Å². The Hall–Kier alpha value is -2.54. The van der Waals surface area contributed by atoms with E-state index >= 15 is 0 Å². The monoisotopic (exact) mass is 404 g/mol. The van der Waals surface area contributed by atoms with Crippen LogP contribution in [0.25, 0.3) is 0 Å². The van der Waals surface area contributed by atoms with Gasteiger partial charge in [-0.05, 0) is 43.2 Å². The SMILES string of the molecule is CCCCN(C)C(=O)c1cc(S(=O)(=O)N(C)c2ccccc2OC)ccc1C. The summed E-state index contributed by atoms with van der Waals surface area (Å²) >= 11 is 0. The van der Waals surface area contributed by atoms with Gasteiger partial charge in [0.2, 0.25) is 0 Å². The number of ether oxygens (including phenoxy) is 1. The molecule has 0 saturated carbocycles. The fraction of sp³-hybridized carbons (Fsp3) is 0.381. The highest BCUT2D eigenvalue weighted by atomic mass is 32.2. The van der Waals surface area contributed by atoms with Gasteiger partial charge < -0.3 is 9.64 Å². The maximum absolute atomic E-state index is 13.2. The summed E-state index contributed by atoms with van der Waals surface area (Å²) in [7, 11) is 0.846. The van der Waals surface area contributed by atoms with Gasteiger partial charge in [-0.25, -0.2) is 8.42 Å². The number of para-hydroxylation sites is 2. The van der Waals surface area contributed by atoms with Crippen LogP contribution in [0.2, 0.25) is 0 Å². The third kappa shape index (κ3) is 4.47. The van der Waals surface area contributed by atoms with E-state index in [1.807, 2.05) is 0 Å². The molecule has 0 radical (unpaired) electrons. The van der Waals surface area contributed by atoms with Gasteiger partial charge in [-0.2, -0.15) is 0 Å². The van der Waals surface area contributed by atoms with Gasteiger partial charge in [0, 0.05) is 26.2 Å². The van der Waals surface area contributed by atoms with Crippen LogP contribution in [0.5, 0.6) is 5.75 Å². The maximum atomic E-state index is 13.2. The van der Waals surface area contributed by atoms with Gasteiger partial charge in [0.1, 0.15) is 5.75 Å². The smallest absolute Gasteiger partial charge is 0.264 e. The molecule has 0 aliphatic heterocycles. The molecular formula is C21H28N2O4S. The van der Waals surface area contributed by atoms with E-state index in [1.54, 1.807) is 49.2 Å². The molecule has 0 aliphatic carbocycles. The second kappa shape index (κ2) is 9.10. The maximum Gasteiger partial charge on any atom is 0.264 e. The molecule has 28 heavy (non-hydrogen) atoms. The molecule has 0 N–H and O–H groups in total. The minimum atomic E-state index is -3.86. The zero-order valence-corrected chi connectivity index (χ0v) is 17.9. The first-order valence-corrected chi connectivity index (χ1v) is 10.7. The van der Waals surface area contributed by atoms with E-state index in [1.165, 1.54) is 30.6 Å². The number of rotatable bonds is 8. The zero-order valence-electron chi connectivity index (χ0n) is 17.1. The highest BCUT2D eigenvalue weighted by molar-refractivity contribution is 7.92. The van der Waals surface area contributed by atoms with Gasteiger partial charge in [-0.3, -0.25) is 9.10 Å². The van der Waals surface area contributed by atoms with Crippen LogP contribution < -0.4 is 9.04 Å². The Labute approximate surface area is 167 Å². The van der Waals surface area contributed by atoms with Crippen molar-refractivity contribution in [2.75, 3.05) is 32.1 Å². The Kier molecular flexibility index (Phi) is 7.07. The first kappa shape index (κ1) is 21.8. The second-order valence-electron chi connectivity index (χ2n) is 6.70. The molecule has 0 fully saturated rings. The number of hydrogen-bond donors (Lipinski definition) is 0. The third-order valence-electron chi connectivity index (χ3n) is 4.72. The number of sulfonamides is 1. The van der Waals surface area contributed by atoms with Gasteiger partial charge >= 0.3 is 0 Å². The molecule has 0 heterocycles. The summed E-state index contributed by atoms with van der Waals surface area (Å²) in [6.07, 6.45) is 1.88. The summed E-state index contributed by atoms with van der Waals surface area (Å²) in [5.74, 6) is 0.277. The van der Waals surface area contributed by atoms with Crippen LogP contribution in [0.3, 0.4) is 0 Å². The van der Waals surface area contributed by atoms with Crippen molar-refractivity contribution in [1.29, 1.82) is 0 Å². The van der Waals surface area contributed by atoms with Crippen LogP contribution in [-0.2, 0) is 10.0 Å². The first-order valence-electron chi connectivity index (χ1n) is 9.22. The molecule has 6 nitrogen and oxygen atoms in total. The third-order valence-corrected chi connectivity index (χ3v) is 6.48. The Bertz CT molecular complexity index is 941. The van der Waals surface area contributed by atoms with E-state index in [-0.39, 0.29) is 10.8 Å². The molecule has 1 amide bonds. The van der Waals surface area contributed by atoms with E-state index in [4.69, 9.17) is 4.74 Å². The van der Waals surface area contributed by atoms with Crippen molar-refractivity contribution < 1.29 is 17.9 Å². The minimum Gasteiger partial charge on any atom is -0.495 e. The molecule has 0 saturated heterocycles. The second-order valence-corrected chi connectivity index (χ2v) is 8.67. The first-order chi connectivity index (χ1) is 13.2. The van der Waals surface area contributed by atoms with Crippen molar-refractivity contribution in [3.63, 3.8) is 0 Å². The molecule has 2 aromatic rings. The average Bonchev–Trinajstić information content (AvgIpc) is 2.70. The highest BCUT2D eigenvalue weighted by Crippen LogP contribution is 2.31. The van der Waals surface area contributed by atoms with E-state index in [0.29, 0.717) is 23.5 Å². The Morgan fingerprint density at radius 1 is 1.11 bits per heavy atom. The summed E-state index contributed by atoms with van der Waals surface area (Å²) in [4.78, 5) is 14.5. The summed E-state index contributed by atoms with van der Waals surface area (Å²) in [5.41, 5.74) is 1.57. The number of aryl methyl sites for hydroxylation is 1. The zero-order chi connectivity index (χ0) is 20.9. The standard InChI is InChI=1S/C21H28N2O4S/c1-6-7-14-22(3)21(24)18-15-17(13-12-16(18)2)28(25,26)23(4)19-10-8-9-11-20(19)27-5/h8-13,15H,6-7,14H2,1-5H3. The summed E-state index contributed by atoms with van der Waals surface area (Å²) in [5, 5.41) is 0. The molecule has 152 valence electrons. The lowest BCUT2D eigenvalue weighted by Gasteiger charge is -2.23. The van der Waals surface area contributed by atoms with Crippen LogP contribution in [0.1, 0.15) is 35.7 Å². The molecule has 0 bridgehead atoms. The Balaban J connectivity index is 2.43. The van der Waals surface area contributed by atoms with Crippen molar-refractivity contribution in [2.24, 2.45) is 0 Å². The van der Waals surface area contributed by atoms with Gasteiger partial charge in [0.15, 0.2) is 0 Å². The van der Waals surface area contributed by atoms with Crippen molar-refractivity contribution >= 4 is 21.6 Å². The quantitative estimate of drug-likeness (QED) is 0.673. The van der Waals surface area contributed by atoms with E-state index in [2.05, 4.69) is 6.92 Å². The molecular weight excluding hydrogens is 376 g/mol. The largest absolute Gasteiger partial charge is 0.495 e. The predicted molar refractivity (Wildman–Crippen MR) is 112 cm³/mol. The molecule has 0 spiro atoms. The highest BCUT2D eigenvalue weighted by Gasteiger charge is 2.25. The Morgan fingerprint density at radius 3 is 2.43 bits per heavy atom. The number of carbonyl (C=O) groups is 1. The normalized spacial score (nSPS) is 11.2. The number of carbonyl (C=O) groups excluding carboxylic acids is 1. The topological polar surface area (TPSA) is 66.9 Å². The summed E-state index contributed by atoms with van der Waals surface area (Å²) in [6, 6.07) is 11.6. The van der Waals surface area contributed by atoms with E-state index in [0.717, 1.165) is 18.4 Å². The average molecular weight is 405 g/mol. The van der Waals surface area contributed by atoms with Crippen molar-refractivity contribution in [2.45, 2.75) is 31.6 Å². The van der Waals surface area contributed by atoms with Gasteiger partial charge in [0.05, 0.1) is 17.7 Å². The van der Waals surface area contributed by atoms with Crippen LogP contribution in [0, 0.1) is 6.92 Å². The Morgan fingerprint density at radius 2 is 1.79 bits per heavy atom. The number of nitrogens with zero attached hydrogens (tertiary/aromatic N) is 2. The van der Waals surface area contributed by atoms with Crippen molar-refractivity contribution in [1.82, 2.24) is 4.90 Å². The fourth-order valence-electron chi connectivity index (χ4n) is 2.87. The molecule has 0 unspecified atom stereocenters. The molecule has 0 aliphatic rings. The number of unbranched alkanes of at least 4 members (excludes halogenated alkanes) is 1. The number of benzene rings is 2. The van der Waals surface area contributed by atoms with Crippen LogP contribution in [0.4, 0.5) is 5.69 Å². The molecule has 7 heteroatoms. The molecule has 2 rings (SSSR count). The lowest BCUT2D eigenvalue weighted by atomic mass is 10.1. The fourth-order valence-corrected chi connectivity index (χ4v) is 4.10. The number of amides is 1. The van der Waals surface area contributed by atoms with Gasteiger partial charge in [-0.1, -0.05) is 31.5 Å². The molecule has 0 aromatic heterocycles. The summed E-state index contributed by atoms with van der Waals surface area (Å²) in [6.45, 7) is 4.50. The van der Waals surface area contributed by atoms with Crippen LogP contribution in [-0.4, -0.2) is 47.0 Å². The van der Waals surface area contributed by atoms with E-state index in [9.17, 15) is 13.2 Å². The van der Waals surface area contributed by atoms with Crippen LogP contribution >= 0.6 is 0 Å². The minimum absolute atomic E-state index is 0.0683. The van der Waals surface area contributed by atoms with Gasteiger partial charge in [0.25, 0.3) is 15.9 Å². The lowest BCUT2D eigenvalue weighted by molar-refractivity contribution is 0.0792. The van der Waals surface area contributed by atoms with Gasteiger partial charge in [-0.15, -0.1) is 0 Å². The number of hydrogen-bond acceptors (Lipinski definition) is 4. The van der Waals surface area contributed by atoms with E-state index < -0.39 is 10.0 Å². The molecule has 2 aromatic carbocycles. The van der Waals surface area contributed by atoms with Crippen molar-refractivity contribution in [3.8, 4) is 5.75 Å².